The van der Waals surface area contributed by atoms with Crippen molar-refractivity contribution in [2.24, 2.45) is 5.73 Å². The van der Waals surface area contributed by atoms with Crippen LogP contribution >= 0.6 is 0 Å². The third-order valence-electron chi connectivity index (χ3n) is 5.43. The van der Waals surface area contributed by atoms with E-state index in [1.165, 1.54) is 0 Å². The summed E-state index contributed by atoms with van der Waals surface area (Å²) in [5.74, 6) is -1.92. The van der Waals surface area contributed by atoms with Crippen LogP contribution in [0.25, 0.3) is 5.69 Å². The fraction of sp³-hybridized carbons (Fsp3) is 0.400. The van der Waals surface area contributed by atoms with Crippen LogP contribution in [-0.2, 0) is 11.3 Å². The summed E-state index contributed by atoms with van der Waals surface area (Å²) in [5, 5.41) is 18.6. The van der Waals surface area contributed by atoms with Gasteiger partial charge in [-0.3, -0.25) is 9.69 Å². The number of nitrogens with zero attached hydrogens (tertiary/aromatic N) is 2. The number of hydrogen-bond donors (Lipinski definition) is 3. The molecule has 1 aliphatic rings. The largest absolute Gasteiger partial charge is 0.480 e. The number of aromatic carboxylic acids is 1. The molecule has 1 unspecified atom stereocenters. The number of rotatable bonds is 5. The van der Waals surface area contributed by atoms with Gasteiger partial charge in [-0.05, 0) is 56.5 Å². The van der Waals surface area contributed by atoms with Crippen molar-refractivity contribution in [3.8, 4) is 5.69 Å². The molecule has 0 spiro atoms. The first-order chi connectivity index (χ1) is 12.6. The Hall–Kier alpha value is -2.64. The van der Waals surface area contributed by atoms with Gasteiger partial charge in [0.1, 0.15) is 5.54 Å². The quantitative estimate of drug-likeness (QED) is 0.743. The van der Waals surface area contributed by atoms with Crippen molar-refractivity contribution >= 4 is 11.9 Å². The molecule has 1 aromatic heterocycles. The van der Waals surface area contributed by atoms with E-state index in [-0.39, 0.29) is 5.56 Å². The van der Waals surface area contributed by atoms with E-state index in [4.69, 9.17) is 5.73 Å². The van der Waals surface area contributed by atoms with Crippen LogP contribution in [0.4, 0.5) is 0 Å². The van der Waals surface area contributed by atoms with Gasteiger partial charge in [-0.25, -0.2) is 4.79 Å². The highest BCUT2D eigenvalue weighted by molar-refractivity contribution is 5.88. The zero-order chi connectivity index (χ0) is 19.9. The van der Waals surface area contributed by atoms with Crippen LogP contribution in [0.5, 0.6) is 0 Å². The van der Waals surface area contributed by atoms with Crippen LogP contribution in [0.1, 0.15) is 39.3 Å². The zero-order valence-electron chi connectivity index (χ0n) is 15.8. The van der Waals surface area contributed by atoms with Crippen molar-refractivity contribution in [1.82, 2.24) is 9.47 Å². The van der Waals surface area contributed by atoms with E-state index in [1.54, 1.807) is 12.1 Å². The first-order valence-electron chi connectivity index (χ1n) is 8.89. The van der Waals surface area contributed by atoms with Crippen LogP contribution in [0.15, 0.2) is 24.3 Å². The predicted octanol–water partition coefficient (Wildman–Crippen LogP) is 2.09. The van der Waals surface area contributed by atoms with Gasteiger partial charge in [0.05, 0.1) is 5.56 Å². The minimum absolute atomic E-state index is 0.249. The molecule has 4 N–H and O–H groups in total. The Morgan fingerprint density at radius 1 is 1.19 bits per heavy atom. The first kappa shape index (κ1) is 19.1. The Labute approximate surface area is 158 Å². The number of aliphatic carboxylic acids is 1. The molecule has 27 heavy (non-hydrogen) atoms. The fourth-order valence-electron chi connectivity index (χ4n) is 3.81. The van der Waals surface area contributed by atoms with Gasteiger partial charge in [-0.2, -0.15) is 0 Å². The standard InChI is InChI=1S/C20H25N3O4/c1-12-4-5-15(18(24)25)9-17(12)23-13(2)8-16(14(23)3)10-22-7-6-20(21,11-22)19(26)27/h4-5,8-9H,6-7,10-11,21H2,1-3H3,(H,24,25)(H,26,27). The topological polar surface area (TPSA) is 109 Å². The normalized spacial score (nSPS) is 20.1. The maximum Gasteiger partial charge on any atom is 0.335 e. The van der Waals surface area contributed by atoms with Crippen LogP contribution in [0, 0.1) is 20.8 Å². The molecule has 7 heteroatoms. The van der Waals surface area contributed by atoms with E-state index in [9.17, 15) is 19.8 Å². The van der Waals surface area contributed by atoms with Crippen LogP contribution in [0.3, 0.4) is 0 Å². The molecule has 0 aliphatic carbocycles. The summed E-state index contributed by atoms with van der Waals surface area (Å²) in [4.78, 5) is 24.7. The Morgan fingerprint density at radius 2 is 1.89 bits per heavy atom. The molecule has 1 atom stereocenters. The number of carbonyl (C=O) groups is 2. The molecule has 2 heterocycles. The third kappa shape index (κ3) is 3.48. The molecule has 3 rings (SSSR count). The highest BCUT2D eigenvalue weighted by Crippen LogP contribution is 2.27. The average molecular weight is 371 g/mol. The molecule has 0 amide bonds. The zero-order valence-corrected chi connectivity index (χ0v) is 15.8. The number of carboxylic acid groups (broad SMARTS) is 2. The molecule has 0 bridgehead atoms. The van der Waals surface area contributed by atoms with Gasteiger partial charge in [0.15, 0.2) is 0 Å². The maximum absolute atomic E-state index is 11.4. The van der Waals surface area contributed by atoms with Gasteiger partial charge >= 0.3 is 11.9 Å². The minimum atomic E-state index is -1.18. The molecule has 0 saturated carbocycles. The summed E-state index contributed by atoms with van der Waals surface area (Å²) < 4.78 is 2.06. The lowest BCUT2D eigenvalue weighted by molar-refractivity contribution is -0.142. The highest BCUT2D eigenvalue weighted by Gasteiger charge is 2.41. The van der Waals surface area contributed by atoms with Gasteiger partial charge in [0.2, 0.25) is 0 Å². The lowest BCUT2D eigenvalue weighted by atomic mass is 10.0. The van der Waals surface area contributed by atoms with E-state index >= 15 is 0 Å². The number of benzene rings is 1. The van der Waals surface area contributed by atoms with Crippen molar-refractivity contribution in [2.45, 2.75) is 39.3 Å². The summed E-state index contributed by atoms with van der Waals surface area (Å²) in [6.45, 7) is 7.51. The fourth-order valence-corrected chi connectivity index (χ4v) is 3.81. The Kier molecular flexibility index (Phi) is 4.84. The molecular weight excluding hydrogens is 346 g/mol. The summed E-state index contributed by atoms with van der Waals surface area (Å²) in [6, 6.07) is 7.17. The first-order valence-corrected chi connectivity index (χ1v) is 8.89. The molecule has 1 fully saturated rings. The lowest BCUT2D eigenvalue weighted by Crippen LogP contribution is -2.50. The van der Waals surface area contributed by atoms with Crippen molar-refractivity contribution in [3.05, 3.63) is 52.3 Å². The van der Waals surface area contributed by atoms with Gasteiger partial charge in [0.25, 0.3) is 0 Å². The second-order valence-electron chi connectivity index (χ2n) is 7.46. The minimum Gasteiger partial charge on any atom is -0.480 e. The smallest absolute Gasteiger partial charge is 0.335 e. The summed E-state index contributed by atoms with van der Waals surface area (Å²) in [7, 11) is 0. The summed E-state index contributed by atoms with van der Waals surface area (Å²) >= 11 is 0. The van der Waals surface area contributed by atoms with E-state index in [2.05, 4.69) is 15.5 Å². The van der Waals surface area contributed by atoms with E-state index in [0.29, 0.717) is 26.1 Å². The van der Waals surface area contributed by atoms with Gasteiger partial charge in [-0.15, -0.1) is 0 Å². The second-order valence-corrected chi connectivity index (χ2v) is 7.46. The molecule has 1 saturated heterocycles. The number of likely N-dealkylation sites (tertiary alicyclic amines) is 1. The van der Waals surface area contributed by atoms with Crippen molar-refractivity contribution < 1.29 is 19.8 Å². The van der Waals surface area contributed by atoms with Crippen molar-refractivity contribution in [2.75, 3.05) is 13.1 Å². The number of carboxylic acids is 2. The average Bonchev–Trinajstić information content (AvgIpc) is 3.10. The Morgan fingerprint density at radius 3 is 2.48 bits per heavy atom. The highest BCUT2D eigenvalue weighted by atomic mass is 16.4. The van der Waals surface area contributed by atoms with Crippen molar-refractivity contribution in [3.63, 3.8) is 0 Å². The number of nitrogens with two attached hydrogens (primary N) is 1. The number of hydrogen-bond acceptors (Lipinski definition) is 4. The second kappa shape index (κ2) is 6.83. The van der Waals surface area contributed by atoms with E-state index in [0.717, 1.165) is 28.2 Å². The third-order valence-corrected chi connectivity index (χ3v) is 5.43. The van der Waals surface area contributed by atoms with E-state index in [1.807, 2.05) is 26.8 Å². The van der Waals surface area contributed by atoms with Gasteiger partial charge in [0, 0.05) is 36.7 Å². The van der Waals surface area contributed by atoms with Crippen LogP contribution in [-0.4, -0.2) is 50.2 Å². The number of aryl methyl sites for hydroxylation is 2. The summed E-state index contributed by atoms with van der Waals surface area (Å²) in [6.07, 6.45) is 0.431. The molecule has 144 valence electrons. The maximum atomic E-state index is 11.4. The number of aromatic nitrogens is 1. The van der Waals surface area contributed by atoms with Gasteiger partial charge < -0.3 is 20.5 Å². The van der Waals surface area contributed by atoms with E-state index < -0.39 is 17.5 Å². The molecular formula is C20H25N3O4. The predicted molar refractivity (Wildman–Crippen MR) is 101 cm³/mol. The van der Waals surface area contributed by atoms with Crippen LogP contribution in [0.2, 0.25) is 0 Å². The molecule has 0 radical (unpaired) electrons. The van der Waals surface area contributed by atoms with Gasteiger partial charge in [-0.1, -0.05) is 6.07 Å². The lowest BCUT2D eigenvalue weighted by Gasteiger charge is -2.20. The Balaban J connectivity index is 1.92. The molecule has 1 aliphatic heterocycles. The summed E-state index contributed by atoms with van der Waals surface area (Å²) in [5.41, 5.74) is 9.98. The Bertz CT molecular complexity index is 918. The molecule has 2 aromatic rings. The monoisotopic (exact) mass is 371 g/mol. The SMILES string of the molecule is Cc1ccc(C(=O)O)cc1-n1c(C)cc(CN2CCC(N)(C(=O)O)C2)c1C. The molecule has 1 aromatic carbocycles. The molecule has 7 nitrogen and oxygen atoms in total. The van der Waals surface area contributed by atoms with Crippen LogP contribution < -0.4 is 5.73 Å². The van der Waals surface area contributed by atoms with Crippen molar-refractivity contribution in [1.29, 1.82) is 0 Å².